The minimum absolute atomic E-state index is 0.0875. The van der Waals surface area contributed by atoms with Gasteiger partial charge in [0.25, 0.3) is 0 Å². The van der Waals surface area contributed by atoms with E-state index >= 15 is 0 Å². The first kappa shape index (κ1) is 32.4. The molecule has 1 fully saturated rings. The van der Waals surface area contributed by atoms with Crippen LogP contribution in [-0.4, -0.2) is 104 Å². The van der Waals surface area contributed by atoms with Gasteiger partial charge in [-0.2, -0.15) is 5.10 Å². The van der Waals surface area contributed by atoms with Gasteiger partial charge in [0.1, 0.15) is 18.1 Å². The van der Waals surface area contributed by atoms with Gasteiger partial charge < -0.3 is 45.4 Å². The minimum Gasteiger partial charge on any atom is -0.504 e. The Morgan fingerprint density at radius 1 is 1.02 bits per heavy atom. The number of pyridine rings is 1. The second-order valence-electron chi connectivity index (χ2n) is 10.6. The lowest BCUT2D eigenvalue weighted by Crippen LogP contribution is -2.45. The number of rotatable bonds is 10. The van der Waals surface area contributed by atoms with Crippen molar-refractivity contribution in [3.63, 3.8) is 0 Å². The van der Waals surface area contributed by atoms with Crippen LogP contribution in [0.2, 0.25) is 0 Å². The molecule has 0 aliphatic heterocycles. The van der Waals surface area contributed by atoms with E-state index in [1.807, 2.05) is 0 Å². The van der Waals surface area contributed by atoms with Gasteiger partial charge in [-0.05, 0) is 37.8 Å². The fraction of sp³-hybridized carbons (Fsp3) is 0.393. The van der Waals surface area contributed by atoms with Crippen LogP contribution in [0.25, 0.3) is 22.5 Å². The van der Waals surface area contributed by atoms with E-state index < -0.39 is 30.5 Å². The molecule has 0 atom stereocenters. The van der Waals surface area contributed by atoms with E-state index in [9.17, 15) is 35.4 Å². The monoisotopic (exact) mass is 639 g/mol. The molecule has 4 heterocycles. The Balaban J connectivity index is 1.32. The summed E-state index contributed by atoms with van der Waals surface area (Å²) in [5.74, 6) is -3.19. The van der Waals surface area contributed by atoms with E-state index in [0.29, 0.717) is 42.6 Å². The highest BCUT2D eigenvalue weighted by Crippen LogP contribution is 2.34. The molecule has 5 rings (SSSR count). The average molecular weight is 640 g/mol. The van der Waals surface area contributed by atoms with Crippen LogP contribution >= 0.6 is 0 Å². The largest absolute Gasteiger partial charge is 0.504 e. The number of aryl methyl sites for hydroxylation is 1. The van der Waals surface area contributed by atoms with Crippen LogP contribution in [0, 0.1) is 0 Å². The number of hydrogen-bond acceptors (Lipinski definition) is 16. The molecule has 18 nitrogen and oxygen atoms in total. The third kappa shape index (κ3) is 7.44. The summed E-state index contributed by atoms with van der Waals surface area (Å²) >= 11 is 0. The fourth-order valence-corrected chi connectivity index (χ4v) is 5.10. The van der Waals surface area contributed by atoms with Crippen molar-refractivity contribution in [2.24, 2.45) is 7.05 Å². The van der Waals surface area contributed by atoms with E-state index in [-0.39, 0.29) is 41.2 Å². The highest BCUT2D eigenvalue weighted by Gasteiger charge is 2.34. The van der Waals surface area contributed by atoms with Crippen LogP contribution in [0.5, 0.6) is 11.8 Å². The van der Waals surface area contributed by atoms with Gasteiger partial charge in [0.2, 0.25) is 5.95 Å². The Bertz CT molecular complexity index is 1640. The number of aromatic hydroxyl groups is 1. The van der Waals surface area contributed by atoms with Crippen molar-refractivity contribution in [3.8, 4) is 34.3 Å². The highest BCUT2D eigenvalue weighted by atomic mass is 16.7. The summed E-state index contributed by atoms with van der Waals surface area (Å²) in [4.78, 5) is 35.6. The van der Waals surface area contributed by atoms with E-state index in [4.69, 9.17) is 9.47 Å². The maximum absolute atomic E-state index is 13.1. The van der Waals surface area contributed by atoms with Crippen molar-refractivity contribution in [2.45, 2.75) is 50.0 Å². The topological polar surface area (TPSA) is 254 Å². The van der Waals surface area contributed by atoms with Crippen LogP contribution < -0.4 is 15.0 Å². The molecule has 0 bridgehead atoms. The predicted molar refractivity (Wildman–Crippen MR) is 158 cm³/mol. The number of nitrogens with zero attached hydrogens (tertiary/aromatic N) is 8. The maximum atomic E-state index is 13.1. The van der Waals surface area contributed by atoms with Crippen molar-refractivity contribution < 1.29 is 44.9 Å². The molecular formula is C28H33N9O9. The number of nitrogens with one attached hydrogen (secondary N) is 1. The molecule has 0 radical (unpaired) electrons. The van der Waals surface area contributed by atoms with E-state index in [1.54, 1.807) is 37.8 Å². The van der Waals surface area contributed by atoms with E-state index in [2.05, 4.69) is 35.3 Å². The quantitative estimate of drug-likeness (QED) is 0.114. The van der Waals surface area contributed by atoms with Crippen molar-refractivity contribution >= 4 is 17.9 Å². The number of hydrogen-bond donors (Lipinski definition) is 7. The molecule has 244 valence electrons. The molecule has 1 aliphatic rings. The third-order valence-electron chi connectivity index (χ3n) is 7.27. The molecular weight excluding hydrogens is 606 g/mol. The summed E-state index contributed by atoms with van der Waals surface area (Å²) in [5, 5.41) is 65.5. The zero-order chi connectivity index (χ0) is 33.0. The van der Waals surface area contributed by atoms with Crippen molar-refractivity contribution in [1.82, 2.24) is 34.7 Å². The average Bonchev–Trinajstić information content (AvgIpc) is 3.38. The maximum Gasteiger partial charge on any atom is 0.415 e. The number of methoxy groups -OCH3 is 1. The molecule has 0 saturated heterocycles. The standard InChI is InChI=1S/C28H33N9O9/c1-36-13-20(38)24(35-36)23-19(28(42,43)44)12-30-25(34-23)33-17-4-6-18(7-5-17)37(27(41)46-14-22(39)40)21-8-3-15(9-29-21)16-10-31-26(45-2)32-11-16/h3,8-13,17-18,22,38-40,42-44H,4-7,14H2,1-2H3,(H,30,33,34)/t17-,18-. The number of aliphatic hydroxyl groups excluding tert-OH is 1. The van der Waals surface area contributed by atoms with E-state index in [1.165, 1.54) is 22.9 Å². The predicted octanol–water partition coefficient (Wildman–Crippen LogP) is 0.207. The second kappa shape index (κ2) is 13.5. The smallest absolute Gasteiger partial charge is 0.415 e. The summed E-state index contributed by atoms with van der Waals surface area (Å²) in [6.07, 6.45) is 6.46. The fourth-order valence-electron chi connectivity index (χ4n) is 5.10. The molecule has 1 aliphatic carbocycles. The summed E-state index contributed by atoms with van der Waals surface area (Å²) in [5.41, 5.74) is 0.628. The Morgan fingerprint density at radius 3 is 2.28 bits per heavy atom. The van der Waals surface area contributed by atoms with Crippen LogP contribution in [0.1, 0.15) is 31.2 Å². The Labute approximate surface area is 261 Å². The Morgan fingerprint density at radius 2 is 1.72 bits per heavy atom. The zero-order valence-electron chi connectivity index (χ0n) is 24.8. The Kier molecular flexibility index (Phi) is 9.54. The number of amides is 1. The molecule has 4 aromatic heterocycles. The molecule has 1 saturated carbocycles. The number of carbonyl (C=O) groups is 1. The first-order chi connectivity index (χ1) is 21.9. The van der Waals surface area contributed by atoms with Crippen molar-refractivity contribution in [3.05, 3.63) is 48.7 Å². The number of aliphatic hydroxyl groups is 5. The van der Waals surface area contributed by atoms with Gasteiger partial charge in [-0.1, -0.05) is 0 Å². The van der Waals surface area contributed by atoms with Crippen molar-refractivity contribution in [1.29, 1.82) is 0 Å². The van der Waals surface area contributed by atoms with Gasteiger partial charge in [-0.15, -0.1) is 0 Å². The summed E-state index contributed by atoms with van der Waals surface area (Å²) < 4.78 is 11.4. The summed E-state index contributed by atoms with van der Waals surface area (Å²) in [7, 11) is 3.02. The number of aromatic nitrogens is 7. The van der Waals surface area contributed by atoms with Gasteiger partial charge in [0, 0.05) is 55.0 Å². The van der Waals surface area contributed by atoms with Gasteiger partial charge in [0.15, 0.2) is 17.7 Å². The first-order valence-corrected chi connectivity index (χ1v) is 14.1. The lowest BCUT2D eigenvalue weighted by molar-refractivity contribution is -0.323. The molecule has 0 spiro atoms. The second-order valence-corrected chi connectivity index (χ2v) is 10.6. The van der Waals surface area contributed by atoms with Gasteiger partial charge in [-0.3, -0.25) is 9.58 Å². The SMILES string of the molecule is COc1ncc(-c2ccc(N(C(=O)OCC(O)O)[C@H]3CC[C@H](Nc4ncc(C(O)(O)O)c(-c5nn(C)cc5O)n4)CC3)nc2)cn1. The number of carbonyl (C=O) groups excluding carboxylic acids is 1. The molecule has 0 unspecified atom stereocenters. The lowest BCUT2D eigenvalue weighted by Gasteiger charge is -2.36. The van der Waals surface area contributed by atoms with Crippen LogP contribution in [0.15, 0.2) is 43.1 Å². The van der Waals surface area contributed by atoms with Gasteiger partial charge in [-0.25, -0.2) is 29.7 Å². The highest BCUT2D eigenvalue weighted by molar-refractivity contribution is 5.87. The summed E-state index contributed by atoms with van der Waals surface area (Å²) in [6, 6.07) is 3.09. The normalized spacial score (nSPS) is 16.7. The summed E-state index contributed by atoms with van der Waals surface area (Å²) in [6.45, 7) is -0.619. The molecule has 46 heavy (non-hydrogen) atoms. The van der Waals surface area contributed by atoms with Crippen LogP contribution in [0.3, 0.4) is 0 Å². The molecule has 1 amide bonds. The molecule has 7 N–H and O–H groups in total. The van der Waals surface area contributed by atoms with E-state index in [0.717, 1.165) is 6.20 Å². The Hall–Kier alpha value is -5.01. The van der Waals surface area contributed by atoms with Gasteiger partial charge >= 0.3 is 18.1 Å². The zero-order valence-corrected chi connectivity index (χ0v) is 24.8. The minimum atomic E-state index is -3.28. The van der Waals surface area contributed by atoms with Crippen LogP contribution in [-0.2, 0) is 17.8 Å². The third-order valence-corrected chi connectivity index (χ3v) is 7.27. The number of anilines is 2. The first-order valence-electron chi connectivity index (χ1n) is 14.1. The van der Waals surface area contributed by atoms with Gasteiger partial charge in [0.05, 0.1) is 18.9 Å². The lowest BCUT2D eigenvalue weighted by atomic mass is 9.90. The van der Waals surface area contributed by atoms with Crippen molar-refractivity contribution in [2.75, 3.05) is 23.9 Å². The molecule has 18 heteroatoms. The molecule has 0 aromatic carbocycles. The number of ether oxygens (including phenoxy) is 2. The molecule has 4 aromatic rings. The van der Waals surface area contributed by atoms with Crippen LogP contribution in [0.4, 0.5) is 16.6 Å².